The molecule has 7 nitrogen and oxygen atoms in total. The Kier molecular flexibility index (Phi) is 3.84. The molecule has 0 aliphatic heterocycles. The van der Waals surface area contributed by atoms with Crippen LogP contribution in [0.4, 0.5) is 5.69 Å². The molecule has 0 fully saturated rings. The van der Waals surface area contributed by atoms with Gasteiger partial charge in [0, 0.05) is 19.8 Å². The van der Waals surface area contributed by atoms with Crippen LogP contribution in [0.2, 0.25) is 0 Å². The minimum absolute atomic E-state index is 0.130. The van der Waals surface area contributed by atoms with Gasteiger partial charge in [0.05, 0.1) is 24.1 Å². The number of aryl methyl sites for hydroxylation is 2. The zero-order valence-corrected chi connectivity index (χ0v) is 11.1. The molecule has 0 atom stereocenters. The standard InChI is InChI=1S/C12H18N6O/c1-3-10-6-11(17(2)16-10)12(19)14-4-5-18-8-9(13)7-15-18/h6-8H,3-5,13H2,1-2H3,(H,14,19). The lowest BCUT2D eigenvalue weighted by molar-refractivity contribution is 0.0942. The zero-order valence-electron chi connectivity index (χ0n) is 11.1. The summed E-state index contributed by atoms with van der Waals surface area (Å²) in [5.41, 5.74) is 7.65. The van der Waals surface area contributed by atoms with E-state index in [1.165, 1.54) is 0 Å². The Labute approximate surface area is 111 Å². The number of nitrogens with two attached hydrogens (primary N) is 1. The molecule has 19 heavy (non-hydrogen) atoms. The highest BCUT2D eigenvalue weighted by atomic mass is 16.2. The second-order valence-electron chi connectivity index (χ2n) is 4.29. The number of nitrogens with one attached hydrogen (secondary N) is 1. The minimum atomic E-state index is -0.130. The van der Waals surface area contributed by atoms with Crippen molar-refractivity contribution in [2.75, 3.05) is 12.3 Å². The molecule has 1 amide bonds. The van der Waals surface area contributed by atoms with E-state index in [4.69, 9.17) is 5.73 Å². The summed E-state index contributed by atoms with van der Waals surface area (Å²) in [4.78, 5) is 12.0. The molecule has 0 saturated carbocycles. The lowest BCUT2D eigenvalue weighted by Gasteiger charge is -2.05. The SMILES string of the molecule is CCc1cc(C(=O)NCCn2cc(N)cn2)n(C)n1. The normalized spacial score (nSPS) is 10.6. The Morgan fingerprint density at radius 2 is 2.32 bits per heavy atom. The average molecular weight is 262 g/mol. The first-order chi connectivity index (χ1) is 9.10. The van der Waals surface area contributed by atoms with Crippen molar-refractivity contribution in [3.8, 4) is 0 Å². The fourth-order valence-corrected chi connectivity index (χ4v) is 1.79. The molecule has 0 bridgehead atoms. The maximum absolute atomic E-state index is 12.0. The van der Waals surface area contributed by atoms with Crippen LogP contribution < -0.4 is 11.1 Å². The molecule has 0 radical (unpaired) electrons. The van der Waals surface area contributed by atoms with Crippen LogP contribution in [0.5, 0.6) is 0 Å². The first-order valence-electron chi connectivity index (χ1n) is 6.19. The molecule has 102 valence electrons. The van der Waals surface area contributed by atoms with Gasteiger partial charge in [-0.2, -0.15) is 10.2 Å². The van der Waals surface area contributed by atoms with Gasteiger partial charge in [-0.15, -0.1) is 0 Å². The third-order valence-corrected chi connectivity index (χ3v) is 2.80. The molecular formula is C12H18N6O. The van der Waals surface area contributed by atoms with Crippen molar-refractivity contribution >= 4 is 11.6 Å². The van der Waals surface area contributed by atoms with E-state index in [0.717, 1.165) is 12.1 Å². The van der Waals surface area contributed by atoms with E-state index in [0.29, 0.717) is 24.5 Å². The lowest BCUT2D eigenvalue weighted by Crippen LogP contribution is -2.29. The lowest BCUT2D eigenvalue weighted by atomic mass is 10.3. The second kappa shape index (κ2) is 5.55. The number of carbonyl (C=O) groups excluding carboxylic acids is 1. The average Bonchev–Trinajstić information content (AvgIpc) is 2.95. The molecule has 0 spiro atoms. The van der Waals surface area contributed by atoms with Crippen LogP contribution in [-0.2, 0) is 20.0 Å². The van der Waals surface area contributed by atoms with Gasteiger partial charge in [-0.1, -0.05) is 6.92 Å². The molecule has 0 saturated heterocycles. The molecule has 2 aromatic rings. The summed E-state index contributed by atoms with van der Waals surface area (Å²) in [7, 11) is 1.77. The monoisotopic (exact) mass is 262 g/mol. The maximum atomic E-state index is 12.0. The Bertz CT molecular complexity index is 571. The fourth-order valence-electron chi connectivity index (χ4n) is 1.79. The highest BCUT2D eigenvalue weighted by Crippen LogP contribution is 2.03. The summed E-state index contributed by atoms with van der Waals surface area (Å²) >= 11 is 0. The first-order valence-corrected chi connectivity index (χ1v) is 6.19. The molecule has 0 aliphatic carbocycles. The Balaban J connectivity index is 1.88. The number of aromatic nitrogens is 4. The van der Waals surface area contributed by atoms with Crippen LogP contribution in [0.1, 0.15) is 23.1 Å². The van der Waals surface area contributed by atoms with Crippen molar-refractivity contribution in [3.05, 3.63) is 29.8 Å². The summed E-state index contributed by atoms with van der Waals surface area (Å²) < 4.78 is 3.29. The number of anilines is 1. The molecule has 0 aliphatic rings. The zero-order chi connectivity index (χ0) is 13.8. The van der Waals surface area contributed by atoms with E-state index in [1.54, 1.807) is 34.9 Å². The fraction of sp³-hybridized carbons (Fsp3) is 0.417. The van der Waals surface area contributed by atoms with Crippen molar-refractivity contribution in [2.24, 2.45) is 7.05 Å². The number of hydrogen-bond donors (Lipinski definition) is 2. The highest BCUT2D eigenvalue weighted by Gasteiger charge is 2.11. The summed E-state index contributed by atoms with van der Waals surface area (Å²) in [6, 6.07) is 1.81. The predicted octanol–water partition coefficient (Wildman–Crippen LogP) is 0.191. The van der Waals surface area contributed by atoms with Crippen molar-refractivity contribution in [2.45, 2.75) is 19.9 Å². The van der Waals surface area contributed by atoms with E-state index in [9.17, 15) is 4.79 Å². The van der Waals surface area contributed by atoms with Crippen molar-refractivity contribution in [3.63, 3.8) is 0 Å². The van der Waals surface area contributed by atoms with E-state index >= 15 is 0 Å². The molecular weight excluding hydrogens is 244 g/mol. The largest absolute Gasteiger partial charge is 0.396 e. The van der Waals surface area contributed by atoms with Crippen LogP contribution in [0.15, 0.2) is 18.5 Å². The molecule has 2 rings (SSSR count). The highest BCUT2D eigenvalue weighted by molar-refractivity contribution is 5.92. The third kappa shape index (κ3) is 3.12. The number of carbonyl (C=O) groups is 1. The van der Waals surface area contributed by atoms with Crippen LogP contribution >= 0.6 is 0 Å². The van der Waals surface area contributed by atoms with Gasteiger partial charge in [0.1, 0.15) is 5.69 Å². The number of hydrogen-bond acceptors (Lipinski definition) is 4. The first kappa shape index (κ1) is 13.1. The number of amides is 1. The molecule has 2 heterocycles. The van der Waals surface area contributed by atoms with Gasteiger partial charge in [0.2, 0.25) is 0 Å². The van der Waals surface area contributed by atoms with Crippen molar-refractivity contribution < 1.29 is 4.79 Å². The van der Waals surface area contributed by atoms with Gasteiger partial charge >= 0.3 is 0 Å². The van der Waals surface area contributed by atoms with Gasteiger partial charge in [-0.3, -0.25) is 14.2 Å². The number of nitrogen functional groups attached to an aromatic ring is 1. The minimum Gasteiger partial charge on any atom is -0.396 e. The smallest absolute Gasteiger partial charge is 0.269 e. The third-order valence-electron chi connectivity index (χ3n) is 2.80. The van der Waals surface area contributed by atoms with Gasteiger partial charge in [-0.05, 0) is 12.5 Å². The predicted molar refractivity (Wildman–Crippen MR) is 71.6 cm³/mol. The van der Waals surface area contributed by atoms with Gasteiger partial charge in [-0.25, -0.2) is 0 Å². The van der Waals surface area contributed by atoms with Gasteiger partial charge in [0.25, 0.3) is 5.91 Å². The number of rotatable bonds is 5. The Hall–Kier alpha value is -2.31. The summed E-state index contributed by atoms with van der Waals surface area (Å²) in [6.07, 6.45) is 4.12. The molecule has 2 aromatic heterocycles. The van der Waals surface area contributed by atoms with E-state index in [1.807, 2.05) is 6.92 Å². The van der Waals surface area contributed by atoms with Crippen LogP contribution in [0.3, 0.4) is 0 Å². The van der Waals surface area contributed by atoms with Gasteiger partial charge < -0.3 is 11.1 Å². The molecule has 0 aromatic carbocycles. The maximum Gasteiger partial charge on any atom is 0.269 e. The molecule has 3 N–H and O–H groups in total. The van der Waals surface area contributed by atoms with Crippen LogP contribution in [0.25, 0.3) is 0 Å². The quantitative estimate of drug-likeness (QED) is 0.804. The molecule has 0 unspecified atom stereocenters. The summed E-state index contributed by atoms with van der Waals surface area (Å²) in [5.74, 6) is -0.130. The Morgan fingerprint density at radius 1 is 1.53 bits per heavy atom. The Morgan fingerprint density at radius 3 is 2.89 bits per heavy atom. The second-order valence-corrected chi connectivity index (χ2v) is 4.29. The van der Waals surface area contributed by atoms with Crippen LogP contribution in [0, 0.1) is 0 Å². The number of nitrogens with zero attached hydrogens (tertiary/aromatic N) is 4. The van der Waals surface area contributed by atoms with E-state index < -0.39 is 0 Å². The summed E-state index contributed by atoms with van der Waals surface area (Å²) in [6.45, 7) is 3.08. The van der Waals surface area contributed by atoms with Crippen molar-refractivity contribution in [1.82, 2.24) is 24.9 Å². The summed E-state index contributed by atoms with van der Waals surface area (Å²) in [5, 5.41) is 11.1. The van der Waals surface area contributed by atoms with Crippen LogP contribution in [-0.4, -0.2) is 32.0 Å². The van der Waals surface area contributed by atoms with E-state index in [2.05, 4.69) is 15.5 Å². The molecule has 7 heteroatoms. The van der Waals surface area contributed by atoms with E-state index in [-0.39, 0.29) is 5.91 Å². The topological polar surface area (TPSA) is 90.8 Å². The van der Waals surface area contributed by atoms with Gasteiger partial charge in [0.15, 0.2) is 0 Å². The van der Waals surface area contributed by atoms with Crippen molar-refractivity contribution in [1.29, 1.82) is 0 Å².